The summed E-state index contributed by atoms with van der Waals surface area (Å²) in [4.78, 5) is 0. The second kappa shape index (κ2) is 5.01. The largest absolute Gasteiger partial charge is 0.488 e. The third-order valence-corrected chi connectivity index (χ3v) is 3.06. The third kappa shape index (κ3) is 2.65. The number of nitrogen functional groups attached to an aromatic ring is 1. The van der Waals surface area contributed by atoms with Gasteiger partial charge in [0, 0.05) is 12.7 Å². The summed E-state index contributed by atoms with van der Waals surface area (Å²) in [5, 5.41) is 0. The van der Waals surface area contributed by atoms with Gasteiger partial charge in [0.2, 0.25) is 0 Å². The minimum Gasteiger partial charge on any atom is -0.488 e. The van der Waals surface area contributed by atoms with E-state index < -0.39 is 0 Å². The molecule has 5 heteroatoms. The first-order valence-corrected chi connectivity index (χ1v) is 5.95. The highest BCUT2D eigenvalue weighted by Gasteiger charge is 2.17. The smallest absolute Gasteiger partial charge is 0.156 e. The summed E-state index contributed by atoms with van der Waals surface area (Å²) in [6.45, 7) is 1.24. The van der Waals surface area contributed by atoms with Crippen LogP contribution in [0.3, 0.4) is 0 Å². The van der Waals surface area contributed by atoms with Gasteiger partial charge in [0.25, 0.3) is 0 Å². The number of nitrogens with two attached hydrogens (primary N) is 1. The van der Waals surface area contributed by atoms with E-state index in [2.05, 4.69) is 15.9 Å². The monoisotopic (exact) mass is 289 g/mol. The van der Waals surface area contributed by atoms with E-state index in [-0.39, 0.29) is 11.9 Å². The predicted octanol–water partition coefficient (Wildman–Crippen LogP) is 2.73. The van der Waals surface area contributed by atoms with E-state index in [0.29, 0.717) is 22.5 Å². The molecule has 0 bridgehead atoms. The molecule has 0 radical (unpaired) electrons. The fraction of sp³-hybridized carbons (Fsp3) is 0.455. The van der Waals surface area contributed by atoms with E-state index >= 15 is 0 Å². The summed E-state index contributed by atoms with van der Waals surface area (Å²) >= 11 is 3.22. The maximum Gasteiger partial charge on any atom is 0.156 e. The maximum atomic E-state index is 13.0. The summed E-state index contributed by atoms with van der Waals surface area (Å²) in [6, 6.07) is 2.58. The van der Waals surface area contributed by atoms with Crippen molar-refractivity contribution in [1.82, 2.24) is 0 Å². The number of benzene rings is 1. The van der Waals surface area contributed by atoms with Crippen LogP contribution in [0.2, 0.25) is 0 Å². The Hall–Kier alpha value is -0.810. The van der Waals surface area contributed by atoms with Crippen LogP contribution < -0.4 is 10.5 Å². The highest BCUT2D eigenvalue weighted by molar-refractivity contribution is 9.10. The van der Waals surface area contributed by atoms with Gasteiger partial charge in [0.1, 0.15) is 12.4 Å². The molecule has 2 rings (SSSR count). The van der Waals surface area contributed by atoms with E-state index in [9.17, 15) is 4.39 Å². The topological polar surface area (TPSA) is 44.5 Å². The summed E-state index contributed by atoms with van der Waals surface area (Å²) in [6.07, 6.45) is 2.18. The van der Waals surface area contributed by atoms with Crippen LogP contribution in [0.25, 0.3) is 0 Å². The van der Waals surface area contributed by atoms with Crippen LogP contribution in [0.5, 0.6) is 5.75 Å². The molecule has 2 N–H and O–H groups in total. The number of rotatable bonds is 3. The zero-order valence-electron chi connectivity index (χ0n) is 8.71. The van der Waals surface area contributed by atoms with E-state index in [4.69, 9.17) is 15.2 Å². The second-order valence-corrected chi connectivity index (χ2v) is 4.61. The molecule has 0 spiro atoms. The van der Waals surface area contributed by atoms with E-state index in [1.165, 1.54) is 12.1 Å². The normalized spacial score (nSPS) is 20.0. The van der Waals surface area contributed by atoms with Gasteiger partial charge in [-0.1, -0.05) is 0 Å². The molecule has 1 unspecified atom stereocenters. The zero-order chi connectivity index (χ0) is 11.5. The summed E-state index contributed by atoms with van der Waals surface area (Å²) in [5.74, 6) is 0.103. The maximum absolute atomic E-state index is 13.0. The number of hydrogen-bond donors (Lipinski definition) is 1. The highest BCUT2D eigenvalue weighted by atomic mass is 79.9. The average Bonchev–Trinajstić information content (AvgIpc) is 2.68. The Morgan fingerprint density at radius 2 is 2.38 bits per heavy atom. The summed E-state index contributed by atoms with van der Waals surface area (Å²) < 4.78 is 24.5. The SMILES string of the molecule is Nc1cc(F)cc(Br)c1OCC1CCCO1. The van der Waals surface area contributed by atoms with Crippen molar-refractivity contribution in [1.29, 1.82) is 0 Å². The molecule has 16 heavy (non-hydrogen) atoms. The minimum absolute atomic E-state index is 0.122. The van der Waals surface area contributed by atoms with Crippen LogP contribution in [0.1, 0.15) is 12.8 Å². The standard InChI is InChI=1S/C11H13BrFNO2/c12-9-4-7(13)5-10(14)11(9)16-6-8-2-1-3-15-8/h4-5,8H,1-3,6,14H2. The van der Waals surface area contributed by atoms with E-state index in [0.717, 1.165) is 19.4 Å². The predicted molar refractivity (Wildman–Crippen MR) is 63.0 cm³/mol. The fourth-order valence-electron chi connectivity index (χ4n) is 1.68. The van der Waals surface area contributed by atoms with Gasteiger partial charge in [0.05, 0.1) is 16.3 Å². The van der Waals surface area contributed by atoms with Crippen LogP contribution in [0.15, 0.2) is 16.6 Å². The Balaban J connectivity index is 2.03. The molecule has 0 saturated carbocycles. The molecule has 3 nitrogen and oxygen atoms in total. The van der Waals surface area contributed by atoms with Gasteiger partial charge < -0.3 is 15.2 Å². The lowest BCUT2D eigenvalue weighted by Gasteiger charge is -2.14. The molecule has 1 atom stereocenters. The van der Waals surface area contributed by atoms with Gasteiger partial charge in [-0.25, -0.2) is 4.39 Å². The molecule has 1 saturated heterocycles. The van der Waals surface area contributed by atoms with Crippen molar-refractivity contribution in [3.05, 3.63) is 22.4 Å². The fourth-order valence-corrected chi connectivity index (χ4v) is 2.25. The first kappa shape index (κ1) is 11.7. The average molecular weight is 290 g/mol. The first-order valence-electron chi connectivity index (χ1n) is 5.16. The summed E-state index contributed by atoms with van der Waals surface area (Å²) in [7, 11) is 0. The Bertz CT molecular complexity index is 357. The van der Waals surface area contributed by atoms with Gasteiger partial charge in [0.15, 0.2) is 5.75 Å². The van der Waals surface area contributed by atoms with Crippen molar-refractivity contribution in [3.8, 4) is 5.75 Å². The molecule has 1 aromatic carbocycles. The van der Waals surface area contributed by atoms with Crippen molar-refractivity contribution in [2.24, 2.45) is 0 Å². The Kier molecular flexibility index (Phi) is 3.66. The number of ether oxygens (including phenoxy) is 2. The lowest BCUT2D eigenvalue weighted by molar-refractivity contribution is 0.0679. The van der Waals surface area contributed by atoms with E-state index in [1.807, 2.05) is 0 Å². The van der Waals surface area contributed by atoms with Gasteiger partial charge in [-0.3, -0.25) is 0 Å². The molecule has 0 amide bonds. The number of anilines is 1. The van der Waals surface area contributed by atoms with Crippen LogP contribution in [-0.4, -0.2) is 19.3 Å². The Morgan fingerprint density at radius 3 is 3.00 bits per heavy atom. The molecule has 1 fully saturated rings. The van der Waals surface area contributed by atoms with Crippen molar-refractivity contribution < 1.29 is 13.9 Å². The van der Waals surface area contributed by atoms with Crippen LogP contribution in [-0.2, 0) is 4.74 Å². The molecular weight excluding hydrogens is 277 g/mol. The quantitative estimate of drug-likeness (QED) is 0.871. The lowest BCUT2D eigenvalue weighted by Crippen LogP contribution is -2.17. The Morgan fingerprint density at radius 1 is 1.56 bits per heavy atom. The second-order valence-electron chi connectivity index (χ2n) is 3.75. The lowest BCUT2D eigenvalue weighted by atomic mass is 10.2. The van der Waals surface area contributed by atoms with Crippen molar-refractivity contribution in [2.45, 2.75) is 18.9 Å². The van der Waals surface area contributed by atoms with Crippen LogP contribution in [0, 0.1) is 5.82 Å². The molecule has 0 aliphatic carbocycles. The number of halogens is 2. The Labute approximate surface area is 102 Å². The van der Waals surface area contributed by atoms with Gasteiger partial charge in [-0.2, -0.15) is 0 Å². The van der Waals surface area contributed by atoms with Crippen molar-refractivity contribution in [2.75, 3.05) is 18.9 Å². The zero-order valence-corrected chi connectivity index (χ0v) is 10.3. The van der Waals surface area contributed by atoms with Gasteiger partial charge in [-0.15, -0.1) is 0 Å². The first-order chi connectivity index (χ1) is 7.66. The molecule has 1 aliphatic heterocycles. The number of hydrogen-bond acceptors (Lipinski definition) is 3. The molecule has 1 aromatic rings. The van der Waals surface area contributed by atoms with Crippen molar-refractivity contribution in [3.63, 3.8) is 0 Å². The third-order valence-electron chi connectivity index (χ3n) is 2.47. The molecule has 0 aromatic heterocycles. The van der Waals surface area contributed by atoms with Gasteiger partial charge in [-0.05, 0) is 34.8 Å². The van der Waals surface area contributed by atoms with Crippen molar-refractivity contribution >= 4 is 21.6 Å². The molecular formula is C11H13BrFNO2. The van der Waals surface area contributed by atoms with Crippen LogP contribution in [0.4, 0.5) is 10.1 Å². The molecule has 1 aliphatic rings. The van der Waals surface area contributed by atoms with E-state index in [1.54, 1.807) is 0 Å². The van der Waals surface area contributed by atoms with Gasteiger partial charge >= 0.3 is 0 Å². The minimum atomic E-state index is -0.381. The van der Waals surface area contributed by atoms with Crippen LogP contribution >= 0.6 is 15.9 Å². The highest BCUT2D eigenvalue weighted by Crippen LogP contribution is 2.32. The summed E-state index contributed by atoms with van der Waals surface area (Å²) in [5.41, 5.74) is 5.97. The molecule has 1 heterocycles. The molecule has 88 valence electrons.